The van der Waals surface area contributed by atoms with Crippen LogP contribution in [0, 0.1) is 11.8 Å². The second-order valence-electron chi connectivity index (χ2n) is 21.6. The van der Waals surface area contributed by atoms with Crippen molar-refractivity contribution in [3.63, 3.8) is 0 Å². The maximum atomic E-state index is 14.6. The lowest BCUT2D eigenvalue weighted by Crippen LogP contribution is -2.55. The van der Waals surface area contributed by atoms with Crippen LogP contribution in [0.2, 0.25) is 0 Å². The molecule has 1 aliphatic carbocycles. The second-order valence-corrected chi connectivity index (χ2v) is 23.4. The number of alkyl carbamates (subject to hydrolysis) is 2. The average Bonchev–Trinajstić information content (AvgIpc) is 4.03. The van der Waals surface area contributed by atoms with Crippen molar-refractivity contribution in [2.45, 2.75) is 160 Å². The summed E-state index contributed by atoms with van der Waals surface area (Å²) in [6.45, 7) is 9.81. The number of fused-ring (bicyclic) bond motifs is 1. The van der Waals surface area contributed by atoms with Gasteiger partial charge in [-0.15, -0.1) is 0 Å². The lowest BCUT2D eigenvalue weighted by molar-refractivity contribution is -0.140. The van der Waals surface area contributed by atoms with Gasteiger partial charge in [0.2, 0.25) is 33.6 Å². The van der Waals surface area contributed by atoms with Gasteiger partial charge >= 0.3 is 12.2 Å². The molecule has 6 N–H and O–H groups in total. The van der Waals surface area contributed by atoms with Crippen molar-refractivity contribution in [1.29, 1.82) is 0 Å². The third-order valence-electron chi connectivity index (χ3n) is 13.0. The number of ether oxygens (including phenoxy) is 2. The Morgan fingerprint density at radius 1 is 0.641 bits per heavy atom. The van der Waals surface area contributed by atoms with Crippen LogP contribution in [-0.2, 0) is 45.1 Å². The predicted octanol–water partition coefficient (Wildman–Crippen LogP) is 6.88. The summed E-state index contributed by atoms with van der Waals surface area (Å²) in [5.41, 5.74) is -0.269. The Morgan fingerprint density at radius 2 is 1.17 bits per heavy atom. The Bertz CT molecular complexity index is 2620. The van der Waals surface area contributed by atoms with Gasteiger partial charge in [-0.2, -0.15) is 0 Å². The molecule has 0 spiro atoms. The summed E-state index contributed by atoms with van der Waals surface area (Å²) in [5.74, 6) is -4.28. The minimum atomic E-state index is -3.90. The van der Waals surface area contributed by atoms with E-state index in [9.17, 15) is 46.8 Å². The molecule has 0 unspecified atom stereocenters. The molecule has 7 amide bonds. The molecule has 0 saturated heterocycles. The van der Waals surface area contributed by atoms with Crippen LogP contribution in [0.1, 0.15) is 151 Å². The zero-order valence-electron chi connectivity index (χ0n) is 45.8. The SMILES string of the molecule is CC(C)(C)OC(=O)NC(=NCCC[C@H](NC(=O)[C@@H](CCCCCCCCN1C(=O)c2ccccc2C1=O)C1CCCC1)C(=O)N[C@@H](Cc1ccccc1)C(=O)C(=O)NCCNS(=O)(=O)c1ccccc1)NC(=O)OC(C)(C)C. The Balaban J connectivity index is 1.28. The van der Waals surface area contributed by atoms with E-state index in [4.69, 9.17) is 9.47 Å². The molecule has 3 aromatic carbocycles. The molecule has 1 saturated carbocycles. The highest BCUT2D eigenvalue weighted by Crippen LogP contribution is 2.35. The standard InChI is InChI=1S/C57H78N8O12S/c1-56(2,3)76-54(72)63-53(64-55(73)77-57(4,5)6)59-34-23-33-45(49(68)62-46(38-39-24-13-11-14-25-39)47(66)50(69)58-35-36-60-78(74,75)41-28-15-12-16-29-41)61-48(67)42(40-26-18-19-27-40)30-17-9-7-8-10-22-37-65-51(70)43-31-20-21-32-44(43)52(65)71/h11-16,20-21,24-25,28-29,31-32,40,42,45-46,60H,7-10,17-19,22-23,26-27,30,33-38H2,1-6H3,(H,58,69)(H,61,67)(H,62,68)(H2,59,63,64,72,73)/t42-,45-,46-/m0/s1. The van der Waals surface area contributed by atoms with Gasteiger partial charge in [-0.05, 0) is 116 Å². The maximum Gasteiger partial charge on any atom is 0.414 e. The Hall–Kier alpha value is -7.00. The molecule has 5 rings (SSSR count). The minimum absolute atomic E-state index is 0.0225. The number of hydrogen-bond acceptors (Lipinski definition) is 13. The molecular weight excluding hydrogens is 1020 g/mol. The molecular formula is C57H78N8O12S. The molecule has 0 radical (unpaired) electrons. The van der Waals surface area contributed by atoms with Gasteiger partial charge in [0, 0.05) is 38.5 Å². The topological polar surface area (TPSA) is 277 Å². The fourth-order valence-electron chi connectivity index (χ4n) is 9.29. The fraction of sp³-hybridized carbons (Fsp3) is 0.526. The van der Waals surface area contributed by atoms with Gasteiger partial charge < -0.3 is 25.4 Å². The summed E-state index contributed by atoms with van der Waals surface area (Å²) in [7, 11) is -3.90. The summed E-state index contributed by atoms with van der Waals surface area (Å²) >= 11 is 0. The highest BCUT2D eigenvalue weighted by Gasteiger charge is 2.36. The van der Waals surface area contributed by atoms with E-state index >= 15 is 0 Å². The van der Waals surface area contributed by atoms with E-state index in [-0.39, 0.29) is 73.4 Å². The number of sulfonamides is 1. The molecule has 20 nitrogen and oxygen atoms in total. The molecule has 78 heavy (non-hydrogen) atoms. The number of ketones is 1. The fourth-order valence-corrected chi connectivity index (χ4v) is 10.3. The van der Waals surface area contributed by atoms with Crippen molar-refractivity contribution < 1.29 is 56.2 Å². The van der Waals surface area contributed by atoms with Crippen LogP contribution in [0.25, 0.3) is 0 Å². The lowest BCUT2D eigenvalue weighted by Gasteiger charge is -2.27. The van der Waals surface area contributed by atoms with Crippen molar-refractivity contribution in [3.05, 3.63) is 102 Å². The molecule has 1 fully saturated rings. The number of carbonyl (C=O) groups is 8. The van der Waals surface area contributed by atoms with Crippen molar-refractivity contribution in [2.75, 3.05) is 26.2 Å². The van der Waals surface area contributed by atoms with Crippen LogP contribution in [0.4, 0.5) is 9.59 Å². The van der Waals surface area contributed by atoms with Crippen molar-refractivity contribution in [2.24, 2.45) is 16.8 Å². The van der Waals surface area contributed by atoms with Gasteiger partial charge in [0.15, 0.2) is 0 Å². The summed E-state index contributed by atoms with van der Waals surface area (Å²) in [5, 5.41) is 13.1. The zero-order chi connectivity index (χ0) is 56.9. The van der Waals surface area contributed by atoms with Crippen LogP contribution in [0.3, 0.4) is 0 Å². The van der Waals surface area contributed by atoms with Crippen LogP contribution in [0.5, 0.6) is 0 Å². The van der Waals surface area contributed by atoms with Gasteiger partial charge in [-0.3, -0.25) is 49.3 Å². The first kappa shape index (κ1) is 61.8. The molecule has 0 bridgehead atoms. The molecule has 3 atom stereocenters. The molecule has 2 aliphatic rings. The predicted molar refractivity (Wildman–Crippen MR) is 294 cm³/mol. The first-order valence-corrected chi connectivity index (χ1v) is 28.5. The summed E-state index contributed by atoms with van der Waals surface area (Å²) in [4.78, 5) is 114. The van der Waals surface area contributed by atoms with Crippen LogP contribution < -0.4 is 31.3 Å². The Kier molecular flexibility index (Phi) is 23.5. The van der Waals surface area contributed by atoms with Gasteiger partial charge in [0.1, 0.15) is 23.3 Å². The van der Waals surface area contributed by atoms with Crippen molar-refractivity contribution >= 4 is 63.5 Å². The Labute approximate surface area is 458 Å². The highest BCUT2D eigenvalue weighted by molar-refractivity contribution is 7.89. The number of carbonyl (C=O) groups excluding carboxylic acids is 8. The number of nitrogens with one attached hydrogen (secondary N) is 6. The summed E-state index contributed by atoms with van der Waals surface area (Å²) < 4.78 is 38.6. The number of benzene rings is 3. The lowest BCUT2D eigenvalue weighted by atomic mass is 9.85. The van der Waals surface area contributed by atoms with Crippen molar-refractivity contribution in [1.82, 2.24) is 36.2 Å². The number of nitrogens with zero attached hydrogens (tertiary/aromatic N) is 2. The van der Waals surface area contributed by atoms with Gasteiger partial charge in [-0.25, -0.2) is 22.7 Å². The maximum absolute atomic E-state index is 14.6. The molecule has 1 aliphatic heterocycles. The van der Waals surface area contributed by atoms with Gasteiger partial charge in [0.25, 0.3) is 17.7 Å². The number of rotatable bonds is 27. The van der Waals surface area contributed by atoms with Gasteiger partial charge in [0.05, 0.1) is 16.0 Å². The van der Waals surface area contributed by atoms with E-state index in [1.807, 2.05) is 0 Å². The van der Waals surface area contributed by atoms with E-state index in [1.54, 1.807) is 114 Å². The van der Waals surface area contributed by atoms with E-state index in [0.717, 1.165) is 57.8 Å². The molecule has 0 aromatic heterocycles. The number of guanidine groups is 1. The van der Waals surface area contributed by atoms with E-state index in [2.05, 4.69) is 36.3 Å². The quantitative estimate of drug-likeness (QED) is 0.0150. The van der Waals surface area contributed by atoms with Crippen LogP contribution >= 0.6 is 0 Å². The number of aliphatic imine (C=N–C) groups is 1. The molecule has 21 heteroatoms. The number of amides is 7. The molecule has 3 aromatic rings. The van der Waals surface area contributed by atoms with Crippen molar-refractivity contribution in [3.8, 4) is 0 Å². The summed E-state index contributed by atoms with van der Waals surface area (Å²) in [6.07, 6.45) is 7.23. The van der Waals surface area contributed by atoms with Gasteiger partial charge in [-0.1, -0.05) is 106 Å². The molecule has 424 valence electrons. The number of imide groups is 1. The molecule has 1 heterocycles. The van der Waals surface area contributed by atoms with E-state index in [1.165, 1.54) is 17.0 Å². The average molecular weight is 1100 g/mol. The monoisotopic (exact) mass is 1100 g/mol. The van der Waals surface area contributed by atoms with E-state index in [0.29, 0.717) is 36.1 Å². The summed E-state index contributed by atoms with van der Waals surface area (Å²) in [6, 6.07) is 20.6. The first-order chi connectivity index (χ1) is 37.0. The van der Waals surface area contributed by atoms with E-state index < -0.39 is 69.0 Å². The third kappa shape index (κ3) is 20.4. The first-order valence-electron chi connectivity index (χ1n) is 27.0. The third-order valence-corrected chi connectivity index (χ3v) is 14.5. The second kappa shape index (κ2) is 29.7. The number of Topliss-reactive ketones (excluding diaryl/α,β-unsaturated/α-hetero) is 1. The Morgan fingerprint density at radius 3 is 1.74 bits per heavy atom. The smallest absolute Gasteiger partial charge is 0.414 e. The number of unbranched alkanes of at least 4 members (excludes halogenated alkanes) is 5. The normalized spacial score (nSPS) is 14.8. The van der Waals surface area contributed by atoms with Crippen LogP contribution in [0.15, 0.2) is 94.8 Å². The highest BCUT2D eigenvalue weighted by atomic mass is 32.2. The number of hydrogen-bond donors (Lipinski definition) is 6. The van der Waals surface area contributed by atoms with Crippen LogP contribution in [-0.4, -0.2) is 116 Å². The largest absolute Gasteiger partial charge is 0.444 e. The zero-order valence-corrected chi connectivity index (χ0v) is 46.6. The minimum Gasteiger partial charge on any atom is -0.444 e.